The summed E-state index contributed by atoms with van der Waals surface area (Å²) in [6.45, 7) is 5.66. The van der Waals surface area contributed by atoms with Gasteiger partial charge in [-0.25, -0.2) is 0 Å². The standard InChI is InChI=1S/C12H16N6OS/c1-6(2)11-17-18-12(20-11)14-10(19)9-7-5-13-4-3-8(7)15-16-9/h6,13H,3-5H2,1-2H3,(H,15,16)(H,14,18,19). The molecule has 7 nitrogen and oxygen atoms in total. The van der Waals surface area contributed by atoms with Gasteiger partial charge in [-0.2, -0.15) is 5.10 Å². The number of nitrogens with zero attached hydrogens (tertiary/aromatic N) is 3. The molecule has 8 heteroatoms. The van der Waals surface area contributed by atoms with E-state index in [9.17, 15) is 4.79 Å². The minimum Gasteiger partial charge on any atom is -0.312 e. The van der Waals surface area contributed by atoms with Crippen LogP contribution in [0.4, 0.5) is 5.13 Å². The number of H-pyrrole nitrogens is 1. The molecular formula is C12H16N6OS. The molecule has 0 aliphatic carbocycles. The zero-order valence-corrected chi connectivity index (χ0v) is 12.2. The SMILES string of the molecule is CC(C)c1nnc(NC(=O)c2n[nH]c3c2CNCC3)s1. The van der Waals surface area contributed by atoms with E-state index in [0.29, 0.717) is 23.3 Å². The molecule has 3 N–H and O–H groups in total. The fraction of sp³-hybridized carbons (Fsp3) is 0.500. The minimum atomic E-state index is -0.238. The Kier molecular flexibility index (Phi) is 3.49. The Labute approximate surface area is 120 Å². The first-order chi connectivity index (χ1) is 9.65. The molecule has 2 aromatic rings. The van der Waals surface area contributed by atoms with E-state index in [-0.39, 0.29) is 5.91 Å². The van der Waals surface area contributed by atoms with Crippen LogP contribution in [0.25, 0.3) is 0 Å². The van der Waals surface area contributed by atoms with E-state index in [1.165, 1.54) is 11.3 Å². The summed E-state index contributed by atoms with van der Waals surface area (Å²) in [6.07, 6.45) is 0.867. The van der Waals surface area contributed by atoms with Crippen LogP contribution in [-0.4, -0.2) is 32.8 Å². The van der Waals surface area contributed by atoms with Gasteiger partial charge < -0.3 is 5.32 Å². The molecule has 0 fully saturated rings. The van der Waals surface area contributed by atoms with Crippen LogP contribution in [-0.2, 0) is 13.0 Å². The average molecular weight is 292 g/mol. The molecule has 0 atom stereocenters. The van der Waals surface area contributed by atoms with E-state index in [1.54, 1.807) is 0 Å². The summed E-state index contributed by atoms with van der Waals surface area (Å²) in [6, 6.07) is 0. The number of nitrogens with one attached hydrogen (secondary N) is 3. The van der Waals surface area contributed by atoms with Gasteiger partial charge in [-0.15, -0.1) is 10.2 Å². The van der Waals surface area contributed by atoms with Crippen LogP contribution < -0.4 is 10.6 Å². The lowest BCUT2D eigenvalue weighted by atomic mass is 10.1. The van der Waals surface area contributed by atoms with Gasteiger partial charge in [-0.05, 0) is 0 Å². The third kappa shape index (κ3) is 2.44. The molecule has 0 aromatic carbocycles. The Bertz CT molecular complexity index is 632. The predicted octanol–water partition coefficient (Wildman–Crippen LogP) is 1.28. The van der Waals surface area contributed by atoms with Crippen LogP contribution >= 0.6 is 11.3 Å². The van der Waals surface area contributed by atoms with Crippen molar-refractivity contribution in [2.24, 2.45) is 0 Å². The third-order valence-electron chi connectivity index (χ3n) is 3.18. The summed E-state index contributed by atoms with van der Waals surface area (Å²) in [7, 11) is 0. The normalized spacial score (nSPS) is 14.3. The van der Waals surface area contributed by atoms with E-state index >= 15 is 0 Å². The molecule has 0 radical (unpaired) electrons. The predicted molar refractivity (Wildman–Crippen MR) is 75.9 cm³/mol. The molecule has 0 spiro atoms. The fourth-order valence-corrected chi connectivity index (χ4v) is 2.83. The molecule has 0 unspecified atom stereocenters. The number of carbonyl (C=O) groups excluding carboxylic acids is 1. The summed E-state index contributed by atoms with van der Waals surface area (Å²) < 4.78 is 0. The smallest absolute Gasteiger partial charge is 0.278 e. The van der Waals surface area contributed by atoms with Gasteiger partial charge in [0.25, 0.3) is 5.91 Å². The maximum atomic E-state index is 12.2. The van der Waals surface area contributed by atoms with E-state index < -0.39 is 0 Å². The maximum Gasteiger partial charge on any atom is 0.278 e. The van der Waals surface area contributed by atoms with Crippen LogP contribution in [0.1, 0.15) is 46.5 Å². The van der Waals surface area contributed by atoms with Crippen LogP contribution in [0.15, 0.2) is 0 Å². The number of amides is 1. The van der Waals surface area contributed by atoms with Crippen molar-refractivity contribution < 1.29 is 4.79 Å². The summed E-state index contributed by atoms with van der Waals surface area (Å²) >= 11 is 1.40. The average Bonchev–Trinajstić information content (AvgIpc) is 3.04. The topological polar surface area (TPSA) is 95.6 Å². The van der Waals surface area contributed by atoms with E-state index in [1.807, 2.05) is 13.8 Å². The van der Waals surface area contributed by atoms with Gasteiger partial charge in [0.05, 0.1) is 0 Å². The highest BCUT2D eigenvalue weighted by Gasteiger charge is 2.22. The number of fused-ring (bicyclic) bond motifs is 1. The van der Waals surface area contributed by atoms with Crippen LogP contribution in [0, 0.1) is 0 Å². The van der Waals surface area contributed by atoms with E-state index in [4.69, 9.17) is 0 Å². The Balaban J connectivity index is 1.77. The lowest BCUT2D eigenvalue weighted by Crippen LogP contribution is -2.25. The zero-order chi connectivity index (χ0) is 14.1. The molecular weight excluding hydrogens is 276 g/mol. The summed E-state index contributed by atoms with van der Waals surface area (Å²) in [5, 5.41) is 22.5. The maximum absolute atomic E-state index is 12.2. The molecule has 106 valence electrons. The molecule has 1 aliphatic heterocycles. The van der Waals surface area contributed by atoms with Crippen molar-refractivity contribution in [3.63, 3.8) is 0 Å². The first-order valence-corrected chi connectivity index (χ1v) is 7.38. The van der Waals surface area contributed by atoms with Crippen molar-refractivity contribution in [1.29, 1.82) is 0 Å². The van der Waals surface area contributed by atoms with Gasteiger partial charge in [0.1, 0.15) is 5.01 Å². The Morgan fingerprint density at radius 2 is 2.25 bits per heavy atom. The zero-order valence-electron chi connectivity index (χ0n) is 11.4. The second kappa shape index (κ2) is 5.29. The van der Waals surface area contributed by atoms with Crippen LogP contribution in [0.2, 0.25) is 0 Å². The molecule has 0 saturated carbocycles. The van der Waals surface area contributed by atoms with Gasteiger partial charge >= 0.3 is 0 Å². The van der Waals surface area contributed by atoms with Crippen LogP contribution in [0.3, 0.4) is 0 Å². The van der Waals surface area contributed by atoms with Crippen molar-refractivity contribution >= 4 is 22.4 Å². The molecule has 3 rings (SSSR count). The number of rotatable bonds is 3. The molecule has 3 heterocycles. The number of aromatic amines is 1. The highest BCUT2D eigenvalue weighted by atomic mass is 32.1. The van der Waals surface area contributed by atoms with E-state index in [0.717, 1.165) is 29.2 Å². The molecule has 20 heavy (non-hydrogen) atoms. The summed E-state index contributed by atoms with van der Waals surface area (Å²) in [5.74, 6) is 0.0677. The highest BCUT2D eigenvalue weighted by molar-refractivity contribution is 7.15. The molecule has 1 amide bonds. The first-order valence-electron chi connectivity index (χ1n) is 6.56. The number of hydrogen-bond acceptors (Lipinski definition) is 6. The van der Waals surface area contributed by atoms with Gasteiger partial charge in [-0.1, -0.05) is 25.2 Å². The lowest BCUT2D eigenvalue weighted by Gasteiger charge is -2.12. The van der Waals surface area contributed by atoms with Gasteiger partial charge in [0, 0.05) is 36.7 Å². The van der Waals surface area contributed by atoms with Crippen LogP contribution in [0.5, 0.6) is 0 Å². The number of anilines is 1. The number of aromatic nitrogens is 4. The monoisotopic (exact) mass is 292 g/mol. The highest BCUT2D eigenvalue weighted by Crippen LogP contribution is 2.23. The molecule has 2 aromatic heterocycles. The first kappa shape index (κ1) is 13.2. The van der Waals surface area contributed by atoms with Crippen molar-refractivity contribution in [1.82, 2.24) is 25.7 Å². The second-order valence-corrected chi connectivity index (χ2v) is 6.02. The van der Waals surface area contributed by atoms with Crippen molar-refractivity contribution in [3.8, 4) is 0 Å². The van der Waals surface area contributed by atoms with Gasteiger partial charge in [-0.3, -0.25) is 15.2 Å². The molecule has 0 bridgehead atoms. The van der Waals surface area contributed by atoms with Crippen molar-refractivity contribution in [2.45, 2.75) is 32.7 Å². The quantitative estimate of drug-likeness (QED) is 0.792. The fourth-order valence-electron chi connectivity index (χ4n) is 2.09. The molecule has 1 aliphatic rings. The lowest BCUT2D eigenvalue weighted by molar-refractivity contribution is 0.102. The number of hydrogen-bond donors (Lipinski definition) is 3. The Hall–Kier alpha value is -1.80. The second-order valence-electron chi connectivity index (χ2n) is 5.01. The summed E-state index contributed by atoms with van der Waals surface area (Å²) in [4.78, 5) is 12.2. The summed E-state index contributed by atoms with van der Waals surface area (Å²) in [5.41, 5.74) is 2.42. The van der Waals surface area contributed by atoms with E-state index in [2.05, 4.69) is 31.0 Å². The number of carbonyl (C=O) groups is 1. The third-order valence-corrected chi connectivity index (χ3v) is 4.32. The van der Waals surface area contributed by atoms with Crippen molar-refractivity contribution in [3.05, 3.63) is 22.0 Å². The van der Waals surface area contributed by atoms with Gasteiger partial charge in [0.15, 0.2) is 5.69 Å². The van der Waals surface area contributed by atoms with Crippen molar-refractivity contribution in [2.75, 3.05) is 11.9 Å². The molecule has 0 saturated heterocycles. The Morgan fingerprint density at radius 1 is 1.40 bits per heavy atom. The Morgan fingerprint density at radius 3 is 3.00 bits per heavy atom. The van der Waals surface area contributed by atoms with Gasteiger partial charge in [0.2, 0.25) is 5.13 Å². The largest absolute Gasteiger partial charge is 0.312 e. The minimum absolute atomic E-state index is 0.238.